The summed E-state index contributed by atoms with van der Waals surface area (Å²) in [6.07, 6.45) is 7.53. The zero-order chi connectivity index (χ0) is 24.6. The van der Waals surface area contributed by atoms with Crippen molar-refractivity contribution in [3.8, 4) is 17.2 Å². The third kappa shape index (κ3) is 4.25. The lowest BCUT2D eigenvalue weighted by molar-refractivity contribution is 0.103. The molecule has 0 atom stereocenters. The summed E-state index contributed by atoms with van der Waals surface area (Å²) in [7, 11) is -3.92. The highest BCUT2D eigenvalue weighted by molar-refractivity contribution is 7.90. The van der Waals surface area contributed by atoms with Gasteiger partial charge in [0.15, 0.2) is 11.6 Å². The first-order chi connectivity index (χ1) is 16.9. The van der Waals surface area contributed by atoms with E-state index >= 15 is 4.39 Å². The number of nitrogens with one attached hydrogen (secondary N) is 2. The van der Waals surface area contributed by atoms with E-state index in [0.29, 0.717) is 40.8 Å². The summed E-state index contributed by atoms with van der Waals surface area (Å²) < 4.78 is 44.0. The molecule has 4 aromatic rings. The highest BCUT2D eigenvalue weighted by Crippen LogP contribution is 2.29. The Balaban J connectivity index is 1.51. The SMILES string of the molecule is N#Cc1cncc(-c2cnc3[nH]cc(C(=O)c4cccc(NS(=O)(=O)N5CCCC5)c4F)c3c2)c1. The van der Waals surface area contributed by atoms with Crippen molar-refractivity contribution in [2.45, 2.75) is 12.8 Å². The van der Waals surface area contributed by atoms with Crippen LogP contribution in [0.2, 0.25) is 0 Å². The van der Waals surface area contributed by atoms with Crippen LogP contribution in [0.3, 0.4) is 0 Å². The Morgan fingerprint density at radius 2 is 1.89 bits per heavy atom. The number of hydrogen-bond acceptors (Lipinski definition) is 6. The van der Waals surface area contributed by atoms with Crippen LogP contribution in [0, 0.1) is 17.1 Å². The molecule has 2 N–H and O–H groups in total. The number of hydrogen-bond donors (Lipinski definition) is 2. The Labute approximate surface area is 200 Å². The number of carbonyl (C=O) groups excluding carboxylic acids is 1. The van der Waals surface area contributed by atoms with Crippen LogP contribution < -0.4 is 4.72 Å². The van der Waals surface area contributed by atoms with Gasteiger partial charge in [-0.1, -0.05) is 6.07 Å². The van der Waals surface area contributed by atoms with Gasteiger partial charge in [-0.2, -0.15) is 18.0 Å². The van der Waals surface area contributed by atoms with Gasteiger partial charge in [0, 0.05) is 60.0 Å². The fraction of sp³-hybridized carbons (Fsp3) is 0.167. The van der Waals surface area contributed by atoms with Crippen molar-refractivity contribution in [2.24, 2.45) is 0 Å². The Morgan fingerprint density at radius 1 is 1.11 bits per heavy atom. The van der Waals surface area contributed by atoms with Crippen molar-refractivity contribution < 1.29 is 17.6 Å². The molecule has 0 bridgehead atoms. The van der Waals surface area contributed by atoms with E-state index in [1.54, 1.807) is 24.5 Å². The molecule has 0 amide bonds. The minimum atomic E-state index is -3.92. The first-order valence-electron chi connectivity index (χ1n) is 10.8. The zero-order valence-corrected chi connectivity index (χ0v) is 19.1. The number of nitrogens with zero attached hydrogens (tertiary/aromatic N) is 4. The molecule has 11 heteroatoms. The molecule has 9 nitrogen and oxygen atoms in total. The molecule has 0 saturated carbocycles. The highest BCUT2D eigenvalue weighted by atomic mass is 32.2. The molecule has 1 aliphatic rings. The van der Waals surface area contributed by atoms with E-state index in [4.69, 9.17) is 5.26 Å². The van der Waals surface area contributed by atoms with E-state index in [9.17, 15) is 13.2 Å². The fourth-order valence-electron chi connectivity index (χ4n) is 4.07. The number of halogens is 1. The highest BCUT2D eigenvalue weighted by Gasteiger charge is 2.27. The van der Waals surface area contributed by atoms with Gasteiger partial charge in [0.25, 0.3) is 0 Å². The van der Waals surface area contributed by atoms with Gasteiger partial charge in [-0.3, -0.25) is 14.5 Å². The van der Waals surface area contributed by atoms with Gasteiger partial charge in [-0.25, -0.2) is 9.37 Å². The molecule has 5 rings (SSSR count). The number of benzene rings is 1. The summed E-state index contributed by atoms with van der Waals surface area (Å²) in [5.41, 5.74) is 1.69. The second-order valence-electron chi connectivity index (χ2n) is 8.11. The zero-order valence-electron chi connectivity index (χ0n) is 18.3. The largest absolute Gasteiger partial charge is 0.345 e. The summed E-state index contributed by atoms with van der Waals surface area (Å²) in [5.74, 6) is -1.58. The van der Waals surface area contributed by atoms with Crippen LogP contribution >= 0.6 is 0 Å². The number of pyridine rings is 2. The van der Waals surface area contributed by atoms with E-state index in [0.717, 1.165) is 12.8 Å². The molecule has 1 aromatic carbocycles. The van der Waals surface area contributed by atoms with Crippen molar-refractivity contribution in [1.82, 2.24) is 19.3 Å². The van der Waals surface area contributed by atoms with Gasteiger partial charge in [0.1, 0.15) is 11.7 Å². The van der Waals surface area contributed by atoms with E-state index in [-0.39, 0.29) is 16.8 Å². The Morgan fingerprint density at radius 3 is 2.66 bits per heavy atom. The Bertz CT molecular complexity index is 1600. The van der Waals surface area contributed by atoms with E-state index in [1.165, 1.54) is 34.9 Å². The third-order valence-electron chi connectivity index (χ3n) is 5.86. The smallest absolute Gasteiger partial charge is 0.301 e. The molecule has 1 saturated heterocycles. The van der Waals surface area contributed by atoms with Crippen LogP contribution in [0.15, 0.2) is 55.1 Å². The van der Waals surface area contributed by atoms with E-state index < -0.39 is 21.8 Å². The topological polar surface area (TPSA) is 132 Å². The normalized spacial score (nSPS) is 14.2. The van der Waals surface area contributed by atoms with Crippen LogP contribution in [-0.4, -0.2) is 46.5 Å². The van der Waals surface area contributed by atoms with Crippen molar-refractivity contribution in [3.63, 3.8) is 0 Å². The van der Waals surface area contributed by atoms with E-state index in [1.807, 2.05) is 6.07 Å². The number of carbonyl (C=O) groups is 1. The molecule has 0 unspecified atom stereocenters. The van der Waals surface area contributed by atoms with Gasteiger partial charge < -0.3 is 4.98 Å². The maximum atomic E-state index is 15.3. The fourth-order valence-corrected chi connectivity index (χ4v) is 5.37. The number of aromatic nitrogens is 3. The Kier molecular flexibility index (Phi) is 5.76. The second kappa shape index (κ2) is 8.90. The molecular weight excluding hydrogens is 471 g/mol. The minimum absolute atomic E-state index is 0.178. The first-order valence-corrected chi connectivity index (χ1v) is 12.2. The predicted molar refractivity (Wildman–Crippen MR) is 127 cm³/mol. The lowest BCUT2D eigenvalue weighted by Crippen LogP contribution is -2.33. The molecule has 35 heavy (non-hydrogen) atoms. The van der Waals surface area contributed by atoms with Gasteiger partial charge in [0.2, 0.25) is 0 Å². The van der Waals surface area contributed by atoms with Crippen LogP contribution in [0.1, 0.15) is 34.3 Å². The molecular formula is C24H19FN6O3S. The summed E-state index contributed by atoms with van der Waals surface area (Å²) in [6, 6.07) is 9.41. The van der Waals surface area contributed by atoms with E-state index in [2.05, 4.69) is 19.7 Å². The number of nitriles is 1. The van der Waals surface area contributed by atoms with Gasteiger partial charge >= 0.3 is 10.2 Å². The number of ketones is 1. The van der Waals surface area contributed by atoms with Crippen molar-refractivity contribution in [3.05, 3.63) is 77.6 Å². The molecule has 0 radical (unpaired) electrons. The molecule has 3 aromatic heterocycles. The molecule has 0 aliphatic carbocycles. The predicted octanol–water partition coefficient (Wildman–Crippen LogP) is 3.62. The van der Waals surface area contributed by atoms with Crippen molar-refractivity contribution in [1.29, 1.82) is 5.26 Å². The second-order valence-corrected chi connectivity index (χ2v) is 9.78. The van der Waals surface area contributed by atoms with Gasteiger partial charge in [0.05, 0.1) is 16.8 Å². The van der Waals surface area contributed by atoms with Crippen LogP contribution in [0.4, 0.5) is 10.1 Å². The monoisotopic (exact) mass is 490 g/mol. The summed E-state index contributed by atoms with van der Waals surface area (Å²) >= 11 is 0. The molecule has 176 valence electrons. The maximum Gasteiger partial charge on any atom is 0.301 e. The van der Waals surface area contributed by atoms with Crippen LogP contribution in [0.25, 0.3) is 22.2 Å². The van der Waals surface area contributed by atoms with Crippen molar-refractivity contribution in [2.75, 3.05) is 17.8 Å². The molecule has 4 heterocycles. The van der Waals surface area contributed by atoms with Crippen LogP contribution in [-0.2, 0) is 10.2 Å². The third-order valence-corrected chi connectivity index (χ3v) is 7.39. The standard InChI is InChI=1S/C24H19FN6O3S/c25-22-18(4-3-5-21(22)30-35(33,34)31-6-1-2-7-31)23(32)20-14-29-24-19(20)9-17(13-28-24)16-8-15(10-26)11-27-12-16/h3-5,8-9,11-14,30H,1-2,6-7H2,(H,28,29). The number of H-pyrrole nitrogens is 1. The number of rotatable bonds is 6. The van der Waals surface area contributed by atoms with Gasteiger partial charge in [-0.15, -0.1) is 0 Å². The summed E-state index contributed by atoms with van der Waals surface area (Å²) in [4.78, 5) is 24.6. The number of aromatic amines is 1. The maximum absolute atomic E-state index is 15.3. The molecule has 1 fully saturated rings. The lowest BCUT2D eigenvalue weighted by Gasteiger charge is -2.17. The lowest BCUT2D eigenvalue weighted by atomic mass is 10.0. The summed E-state index contributed by atoms with van der Waals surface area (Å²) in [6.45, 7) is 0.736. The number of fused-ring (bicyclic) bond motifs is 1. The van der Waals surface area contributed by atoms with Crippen LogP contribution in [0.5, 0.6) is 0 Å². The average Bonchev–Trinajstić information content (AvgIpc) is 3.55. The quantitative estimate of drug-likeness (QED) is 0.397. The van der Waals surface area contributed by atoms with Crippen molar-refractivity contribution >= 4 is 32.7 Å². The van der Waals surface area contributed by atoms with Gasteiger partial charge in [-0.05, 0) is 37.1 Å². The first kappa shape index (κ1) is 22.6. The summed E-state index contributed by atoms with van der Waals surface area (Å²) in [5, 5.41) is 9.59. The Hall–Kier alpha value is -4.14. The molecule has 0 spiro atoms. The average molecular weight is 491 g/mol. The number of anilines is 1. The minimum Gasteiger partial charge on any atom is -0.345 e. The molecule has 1 aliphatic heterocycles.